The van der Waals surface area contributed by atoms with Crippen LogP contribution in [0, 0.1) is 19.7 Å². The summed E-state index contributed by atoms with van der Waals surface area (Å²) >= 11 is 0. The van der Waals surface area contributed by atoms with Crippen molar-refractivity contribution in [1.29, 1.82) is 0 Å². The van der Waals surface area contributed by atoms with Crippen molar-refractivity contribution in [2.24, 2.45) is 0 Å². The zero-order chi connectivity index (χ0) is 20.1. The molecule has 0 unspecified atom stereocenters. The maximum absolute atomic E-state index is 13.8. The summed E-state index contributed by atoms with van der Waals surface area (Å²) in [5.41, 5.74) is 4.38. The second kappa shape index (κ2) is 6.38. The van der Waals surface area contributed by atoms with E-state index in [2.05, 4.69) is 9.97 Å². The first-order valence-corrected chi connectivity index (χ1v) is 9.23. The summed E-state index contributed by atoms with van der Waals surface area (Å²) < 4.78 is 17.4. The van der Waals surface area contributed by atoms with E-state index < -0.39 is 0 Å². The van der Waals surface area contributed by atoms with Gasteiger partial charge in [-0.2, -0.15) is 0 Å². The lowest BCUT2D eigenvalue weighted by atomic mass is 10.1. The predicted octanol–water partition coefficient (Wildman–Crippen LogP) is 4.48. The summed E-state index contributed by atoms with van der Waals surface area (Å²) in [6.07, 6.45) is 5.31. The fraction of sp³-hybridized carbons (Fsp3) is 0.0870. The number of aromatic nitrogens is 4. The molecule has 0 atom stereocenters. The molecule has 6 heteroatoms. The van der Waals surface area contributed by atoms with Crippen molar-refractivity contribution < 1.29 is 4.39 Å². The molecule has 5 aromatic rings. The Kier molecular flexibility index (Phi) is 3.81. The van der Waals surface area contributed by atoms with Gasteiger partial charge in [-0.1, -0.05) is 0 Å². The molecular weight excluding hydrogens is 367 g/mol. The average Bonchev–Trinajstić information content (AvgIpc) is 3.15. The van der Waals surface area contributed by atoms with Crippen molar-refractivity contribution in [3.8, 4) is 11.4 Å². The number of hydrogen-bond acceptors (Lipinski definition) is 3. The Morgan fingerprint density at radius 3 is 2.52 bits per heavy atom. The van der Waals surface area contributed by atoms with Gasteiger partial charge in [0.2, 0.25) is 0 Å². The van der Waals surface area contributed by atoms with E-state index in [0.29, 0.717) is 11.3 Å². The van der Waals surface area contributed by atoms with Crippen molar-refractivity contribution in [3.05, 3.63) is 94.7 Å². The first-order valence-electron chi connectivity index (χ1n) is 9.23. The largest absolute Gasteiger partial charge is 0.304 e. The maximum Gasteiger partial charge on any atom is 0.255 e. The summed E-state index contributed by atoms with van der Waals surface area (Å²) in [5.74, 6) is -0.300. The molecule has 0 bridgehead atoms. The minimum atomic E-state index is -0.300. The van der Waals surface area contributed by atoms with Gasteiger partial charge in [0.1, 0.15) is 5.82 Å². The van der Waals surface area contributed by atoms with Gasteiger partial charge in [0.25, 0.3) is 5.56 Å². The van der Waals surface area contributed by atoms with Crippen molar-refractivity contribution in [3.63, 3.8) is 0 Å². The van der Waals surface area contributed by atoms with Gasteiger partial charge in [0, 0.05) is 46.3 Å². The highest BCUT2D eigenvalue weighted by Crippen LogP contribution is 2.27. The molecule has 0 amide bonds. The Morgan fingerprint density at radius 2 is 1.76 bits per heavy atom. The van der Waals surface area contributed by atoms with Gasteiger partial charge in [-0.25, -0.2) is 9.37 Å². The lowest BCUT2D eigenvalue weighted by Crippen LogP contribution is -2.18. The van der Waals surface area contributed by atoms with Gasteiger partial charge in [0.15, 0.2) is 0 Å². The molecular formula is C23H17FN4O. The molecule has 3 heterocycles. The van der Waals surface area contributed by atoms with Gasteiger partial charge < -0.3 is 4.57 Å². The van der Waals surface area contributed by atoms with Crippen LogP contribution in [0.15, 0.2) is 72.0 Å². The molecule has 0 spiro atoms. The predicted molar refractivity (Wildman–Crippen MR) is 111 cm³/mol. The molecule has 0 saturated carbocycles. The van der Waals surface area contributed by atoms with Gasteiger partial charge in [0.05, 0.1) is 17.4 Å². The molecule has 0 aliphatic carbocycles. The minimum absolute atomic E-state index is 0.180. The second-order valence-corrected chi connectivity index (χ2v) is 7.11. The Balaban J connectivity index is 1.90. The molecule has 0 fully saturated rings. The Morgan fingerprint density at radius 1 is 0.931 bits per heavy atom. The van der Waals surface area contributed by atoms with Crippen LogP contribution in [0.4, 0.5) is 4.39 Å². The van der Waals surface area contributed by atoms with Crippen molar-refractivity contribution in [2.45, 2.75) is 13.8 Å². The van der Waals surface area contributed by atoms with Crippen LogP contribution in [0.3, 0.4) is 0 Å². The monoisotopic (exact) mass is 384 g/mol. The summed E-state index contributed by atoms with van der Waals surface area (Å²) in [6, 6.07) is 13.9. The van der Waals surface area contributed by atoms with Crippen molar-refractivity contribution >= 4 is 21.8 Å². The summed E-state index contributed by atoms with van der Waals surface area (Å²) in [6.45, 7) is 3.67. The second-order valence-electron chi connectivity index (χ2n) is 7.11. The van der Waals surface area contributed by atoms with Crippen LogP contribution in [-0.2, 0) is 0 Å². The third-order valence-electron chi connectivity index (χ3n) is 5.20. The highest BCUT2D eigenvalue weighted by atomic mass is 19.1. The minimum Gasteiger partial charge on any atom is -0.304 e. The molecule has 3 aromatic heterocycles. The van der Waals surface area contributed by atoms with Crippen LogP contribution in [0.5, 0.6) is 0 Å². The molecule has 0 aliphatic rings. The number of pyridine rings is 2. The highest BCUT2D eigenvalue weighted by Gasteiger charge is 2.13. The van der Waals surface area contributed by atoms with Crippen molar-refractivity contribution in [2.75, 3.05) is 0 Å². The number of halogens is 1. The van der Waals surface area contributed by atoms with Gasteiger partial charge in [-0.05, 0) is 61.9 Å². The SMILES string of the molecule is Cc1cc(-n2c(=O)ccc3cnc4ccc(-n5cncc5C)cc4c32)ccc1F. The fourth-order valence-corrected chi connectivity index (χ4v) is 3.70. The smallest absolute Gasteiger partial charge is 0.255 e. The Hall–Kier alpha value is -3.80. The first kappa shape index (κ1) is 17.3. The lowest BCUT2D eigenvalue weighted by molar-refractivity contribution is 0.618. The summed E-state index contributed by atoms with van der Waals surface area (Å²) in [5, 5.41) is 1.67. The van der Waals surface area contributed by atoms with E-state index in [0.717, 1.165) is 33.2 Å². The number of fused-ring (bicyclic) bond motifs is 3. The number of hydrogen-bond donors (Lipinski definition) is 0. The normalized spacial score (nSPS) is 11.4. The number of rotatable bonds is 2. The van der Waals surface area contributed by atoms with Crippen LogP contribution < -0.4 is 5.56 Å². The van der Waals surface area contributed by atoms with Crippen LogP contribution >= 0.6 is 0 Å². The number of benzene rings is 2. The van der Waals surface area contributed by atoms with Crippen LogP contribution in [-0.4, -0.2) is 19.1 Å². The highest BCUT2D eigenvalue weighted by molar-refractivity contribution is 6.04. The quantitative estimate of drug-likeness (QED) is 0.422. The molecule has 142 valence electrons. The maximum atomic E-state index is 13.8. The fourth-order valence-electron chi connectivity index (χ4n) is 3.70. The first-order chi connectivity index (χ1) is 14.0. The molecule has 0 radical (unpaired) electrons. The third-order valence-corrected chi connectivity index (χ3v) is 5.20. The van der Waals surface area contributed by atoms with Gasteiger partial charge >= 0.3 is 0 Å². The van der Waals surface area contributed by atoms with Crippen LogP contribution in [0.2, 0.25) is 0 Å². The van der Waals surface area contributed by atoms with E-state index >= 15 is 0 Å². The number of aryl methyl sites for hydroxylation is 2. The number of imidazole rings is 1. The topological polar surface area (TPSA) is 52.7 Å². The Bertz CT molecular complexity index is 1470. The van der Waals surface area contributed by atoms with E-state index in [1.54, 1.807) is 48.4 Å². The zero-order valence-corrected chi connectivity index (χ0v) is 15.9. The van der Waals surface area contributed by atoms with E-state index in [1.165, 1.54) is 12.1 Å². The summed E-state index contributed by atoms with van der Waals surface area (Å²) in [7, 11) is 0. The van der Waals surface area contributed by atoms with Crippen LogP contribution in [0.25, 0.3) is 33.2 Å². The van der Waals surface area contributed by atoms with Crippen molar-refractivity contribution in [1.82, 2.24) is 19.1 Å². The molecule has 0 saturated heterocycles. The molecule has 5 nitrogen and oxygen atoms in total. The lowest BCUT2D eigenvalue weighted by Gasteiger charge is -2.14. The molecule has 2 aromatic carbocycles. The van der Waals surface area contributed by atoms with E-state index in [9.17, 15) is 9.18 Å². The Labute approximate surface area is 165 Å². The third kappa shape index (κ3) is 2.72. The van der Waals surface area contributed by atoms with Gasteiger partial charge in [-0.3, -0.25) is 14.3 Å². The zero-order valence-electron chi connectivity index (χ0n) is 15.9. The summed E-state index contributed by atoms with van der Waals surface area (Å²) in [4.78, 5) is 21.6. The van der Waals surface area contributed by atoms with E-state index in [-0.39, 0.29) is 11.4 Å². The molecule has 5 rings (SSSR count). The molecule has 0 aliphatic heterocycles. The average molecular weight is 384 g/mol. The van der Waals surface area contributed by atoms with Crippen LogP contribution in [0.1, 0.15) is 11.3 Å². The standard InChI is InChI=1S/C23H17FN4O/c1-14-9-18(4-6-20(14)24)28-22(29)8-3-16-12-26-21-7-5-17(10-19(21)23(16)28)27-13-25-11-15(27)2/h3-13H,1-2H3. The van der Waals surface area contributed by atoms with E-state index in [4.69, 9.17) is 0 Å². The van der Waals surface area contributed by atoms with Gasteiger partial charge in [-0.15, -0.1) is 0 Å². The molecule has 0 N–H and O–H groups in total. The van der Waals surface area contributed by atoms with E-state index in [1.807, 2.05) is 29.7 Å². The molecule has 29 heavy (non-hydrogen) atoms. The number of nitrogens with zero attached hydrogens (tertiary/aromatic N) is 4.